The van der Waals surface area contributed by atoms with E-state index in [2.05, 4.69) is 10.0 Å². The Morgan fingerprint density at radius 1 is 0.882 bits per heavy atom. The van der Waals surface area contributed by atoms with E-state index in [0.717, 1.165) is 16.7 Å². The number of nitrogens with one attached hydrogen (secondary N) is 2. The van der Waals surface area contributed by atoms with Gasteiger partial charge in [-0.2, -0.15) is 16.5 Å². The van der Waals surface area contributed by atoms with Crippen LogP contribution >= 0.6 is 11.8 Å². The average Bonchev–Trinajstić information content (AvgIpc) is 2.87. The van der Waals surface area contributed by atoms with Crippen LogP contribution in [-0.2, 0) is 39.3 Å². The van der Waals surface area contributed by atoms with Gasteiger partial charge >= 0.3 is 0 Å². The van der Waals surface area contributed by atoms with Crippen LogP contribution in [-0.4, -0.2) is 32.4 Å². The molecule has 1 atom stereocenters. The van der Waals surface area contributed by atoms with E-state index in [4.69, 9.17) is 4.74 Å². The highest BCUT2D eigenvalue weighted by Gasteiger charge is 2.25. The van der Waals surface area contributed by atoms with Gasteiger partial charge in [0, 0.05) is 6.54 Å². The first kappa shape index (κ1) is 26.0. The maximum Gasteiger partial charge on any atom is 0.241 e. The smallest absolute Gasteiger partial charge is 0.241 e. The van der Waals surface area contributed by atoms with Crippen LogP contribution < -0.4 is 10.0 Å². The summed E-state index contributed by atoms with van der Waals surface area (Å²) < 4.78 is 33.9. The topological polar surface area (TPSA) is 84.5 Å². The van der Waals surface area contributed by atoms with Crippen LogP contribution in [0.4, 0.5) is 0 Å². The van der Waals surface area contributed by atoms with Gasteiger partial charge < -0.3 is 10.1 Å². The van der Waals surface area contributed by atoms with Crippen molar-refractivity contribution in [2.45, 2.75) is 37.1 Å². The monoisotopic (exact) mass is 498 g/mol. The molecule has 0 radical (unpaired) electrons. The van der Waals surface area contributed by atoms with Crippen LogP contribution in [0.5, 0.6) is 0 Å². The first-order valence-electron chi connectivity index (χ1n) is 11.0. The van der Waals surface area contributed by atoms with Crippen LogP contribution in [0.1, 0.15) is 23.1 Å². The van der Waals surface area contributed by atoms with Gasteiger partial charge in [0.25, 0.3) is 0 Å². The summed E-state index contributed by atoms with van der Waals surface area (Å²) in [5.41, 5.74) is 3.00. The van der Waals surface area contributed by atoms with Crippen molar-refractivity contribution >= 4 is 27.7 Å². The number of rotatable bonds is 13. The fraction of sp³-hybridized carbons (Fsp3) is 0.269. The zero-order chi connectivity index (χ0) is 24.2. The molecule has 0 aliphatic heterocycles. The Morgan fingerprint density at radius 2 is 1.50 bits per heavy atom. The van der Waals surface area contributed by atoms with Crippen LogP contribution in [0.2, 0.25) is 0 Å². The Labute approximate surface area is 206 Å². The van der Waals surface area contributed by atoms with E-state index in [1.54, 1.807) is 30.0 Å². The van der Waals surface area contributed by atoms with E-state index < -0.39 is 16.1 Å². The molecule has 34 heavy (non-hydrogen) atoms. The third kappa shape index (κ3) is 7.99. The molecule has 3 rings (SSSR count). The Bertz CT molecular complexity index is 1140. The summed E-state index contributed by atoms with van der Waals surface area (Å²) in [4.78, 5) is 13.1. The van der Waals surface area contributed by atoms with E-state index in [-0.39, 0.29) is 17.3 Å². The van der Waals surface area contributed by atoms with Crippen molar-refractivity contribution in [1.29, 1.82) is 0 Å². The zero-order valence-corrected chi connectivity index (χ0v) is 20.8. The second kappa shape index (κ2) is 13.3. The quantitative estimate of drug-likeness (QED) is 0.370. The van der Waals surface area contributed by atoms with E-state index in [1.807, 2.05) is 60.9 Å². The zero-order valence-electron chi connectivity index (χ0n) is 19.1. The molecule has 2 N–H and O–H groups in total. The minimum Gasteiger partial charge on any atom is -0.372 e. The Kier molecular flexibility index (Phi) is 10.2. The molecule has 3 aromatic carbocycles. The number of ether oxygens (including phenoxy) is 1. The van der Waals surface area contributed by atoms with E-state index in [1.165, 1.54) is 12.1 Å². The van der Waals surface area contributed by atoms with E-state index >= 15 is 0 Å². The normalized spacial score (nSPS) is 12.3. The summed E-state index contributed by atoms with van der Waals surface area (Å²) in [6, 6.07) is 24.9. The van der Waals surface area contributed by atoms with Crippen molar-refractivity contribution in [3.05, 3.63) is 102 Å². The van der Waals surface area contributed by atoms with Crippen LogP contribution in [0.3, 0.4) is 0 Å². The molecular weight excluding hydrogens is 468 g/mol. The Morgan fingerprint density at radius 3 is 2.18 bits per heavy atom. The van der Waals surface area contributed by atoms with Gasteiger partial charge in [0.05, 0.1) is 18.1 Å². The summed E-state index contributed by atoms with van der Waals surface area (Å²) in [5, 5.41) is 2.90. The van der Waals surface area contributed by atoms with Gasteiger partial charge in [-0.05, 0) is 47.3 Å². The van der Waals surface area contributed by atoms with Crippen LogP contribution in [0.15, 0.2) is 89.8 Å². The number of sulfonamides is 1. The predicted octanol–water partition coefficient (Wildman–Crippen LogP) is 4.12. The fourth-order valence-electron chi connectivity index (χ4n) is 3.36. The van der Waals surface area contributed by atoms with Gasteiger partial charge in [-0.3, -0.25) is 4.79 Å². The van der Waals surface area contributed by atoms with Crippen LogP contribution in [0, 0.1) is 0 Å². The molecule has 0 aliphatic carbocycles. The molecule has 180 valence electrons. The highest BCUT2D eigenvalue weighted by atomic mass is 32.2. The third-order valence-electron chi connectivity index (χ3n) is 5.22. The lowest BCUT2D eigenvalue weighted by molar-refractivity contribution is -0.122. The minimum absolute atomic E-state index is 0.137. The van der Waals surface area contributed by atoms with Gasteiger partial charge in [-0.1, -0.05) is 72.8 Å². The number of benzene rings is 3. The molecule has 6 nitrogen and oxygen atoms in total. The van der Waals surface area contributed by atoms with Crippen molar-refractivity contribution in [2.75, 3.05) is 12.0 Å². The largest absolute Gasteiger partial charge is 0.372 e. The van der Waals surface area contributed by atoms with Crippen molar-refractivity contribution in [3.63, 3.8) is 0 Å². The van der Waals surface area contributed by atoms with Crippen molar-refractivity contribution in [3.8, 4) is 0 Å². The number of carbonyl (C=O) groups is 1. The fourth-order valence-corrected chi connectivity index (χ4v) is 5.09. The highest BCUT2D eigenvalue weighted by Crippen LogP contribution is 2.13. The lowest BCUT2D eigenvalue weighted by atomic mass is 10.1. The summed E-state index contributed by atoms with van der Waals surface area (Å²) in [6.07, 6.45) is 2.31. The van der Waals surface area contributed by atoms with Gasteiger partial charge in [-0.25, -0.2) is 8.42 Å². The molecule has 0 saturated heterocycles. The second-order valence-corrected chi connectivity index (χ2v) is 10.4. The number of thioether (sulfide) groups is 1. The first-order chi connectivity index (χ1) is 16.5. The SMILES string of the molecule is CSCCC(NS(=O)(=O)c1ccccc1)C(=O)NCc1ccccc1COCc1ccccc1. The summed E-state index contributed by atoms with van der Waals surface area (Å²) >= 11 is 1.56. The molecule has 0 fully saturated rings. The Balaban J connectivity index is 1.61. The lowest BCUT2D eigenvalue weighted by Gasteiger charge is -2.19. The molecule has 1 unspecified atom stereocenters. The molecule has 8 heteroatoms. The summed E-state index contributed by atoms with van der Waals surface area (Å²) in [7, 11) is -3.80. The summed E-state index contributed by atoms with van der Waals surface area (Å²) in [6.45, 7) is 1.20. The molecule has 0 aliphatic rings. The minimum atomic E-state index is -3.80. The van der Waals surface area contributed by atoms with Crippen LogP contribution in [0.25, 0.3) is 0 Å². The maximum absolute atomic E-state index is 13.0. The average molecular weight is 499 g/mol. The number of amides is 1. The van der Waals surface area contributed by atoms with Gasteiger partial charge in [0.15, 0.2) is 0 Å². The molecule has 1 amide bonds. The number of hydrogen-bond donors (Lipinski definition) is 2. The van der Waals surface area contributed by atoms with E-state index in [9.17, 15) is 13.2 Å². The molecule has 0 spiro atoms. The maximum atomic E-state index is 13.0. The van der Waals surface area contributed by atoms with Crippen molar-refractivity contribution in [1.82, 2.24) is 10.0 Å². The van der Waals surface area contributed by atoms with Crippen molar-refractivity contribution < 1.29 is 17.9 Å². The standard InChI is InChI=1S/C26H30N2O4S2/c1-33-17-16-25(28-34(30,31)24-14-6-3-7-15-24)26(29)27-18-22-12-8-9-13-23(22)20-32-19-21-10-4-2-5-11-21/h2-15,25,28H,16-20H2,1H3,(H,27,29). The number of carbonyl (C=O) groups excluding carboxylic acids is 1. The molecule has 0 bridgehead atoms. The Hall–Kier alpha value is -2.65. The van der Waals surface area contributed by atoms with Gasteiger partial charge in [-0.15, -0.1) is 0 Å². The van der Waals surface area contributed by atoms with Gasteiger partial charge in [0.2, 0.25) is 15.9 Å². The lowest BCUT2D eigenvalue weighted by Crippen LogP contribution is -2.46. The summed E-state index contributed by atoms with van der Waals surface area (Å²) in [5.74, 6) is 0.299. The molecular formula is C26H30N2O4S2. The number of hydrogen-bond acceptors (Lipinski definition) is 5. The molecule has 0 saturated carbocycles. The third-order valence-corrected chi connectivity index (χ3v) is 7.35. The molecule has 3 aromatic rings. The molecule has 0 aromatic heterocycles. The predicted molar refractivity (Wildman–Crippen MR) is 137 cm³/mol. The van der Waals surface area contributed by atoms with E-state index in [0.29, 0.717) is 25.4 Å². The van der Waals surface area contributed by atoms with Gasteiger partial charge in [0.1, 0.15) is 6.04 Å². The molecule has 0 heterocycles. The first-order valence-corrected chi connectivity index (χ1v) is 13.9. The van der Waals surface area contributed by atoms with Crippen molar-refractivity contribution in [2.24, 2.45) is 0 Å². The second-order valence-electron chi connectivity index (χ2n) is 7.73. The highest BCUT2D eigenvalue weighted by molar-refractivity contribution is 7.98.